The number of benzene rings is 2. The van der Waals surface area contributed by atoms with Crippen molar-refractivity contribution in [3.05, 3.63) is 63.6 Å². The van der Waals surface area contributed by atoms with Gasteiger partial charge < -0.3 is 5.32 Å². The molecule has 2 aromatic rings. The van der Waals surface area contributed by atoms with Crippen LogP contribution in [0.1, 0.15) is 11.1 Å². The van der Waals surface area contributed by atoms with Crippen molar-refractivity contribution in [1.82, 2.24) is 0 Å². The predicted octanol–water partition coefficient (Wildman–Crippen LogP) is 4.21. The molecule has 0 aliphatic heterocycles. The fraction of sp³-hybridized carbons (Fsp3) is 0.0714. The van der Waals surface area contributed by atoms with Gasteiger partial charge in [0.2, 0.25) is 0 Å². The molecule has 2 aromatic carbocycles. The number of hydrogen-bond donors (Lipinski definition) is 1. The van der Waals surface area contributed by atoms with Crippen molar-refractivity contribution >= 4 is 21.6 Å². The number of rotatable bonds is 3. The molecule has 2 rings (SSSR count). The maximum atomic E-state index is 13.4. The second-order valence-corrected chi connectivity index (χ2v) is 4.75. The van der Waals surface area contributed by atoms with Crippen molar-refractivity contribution in [2.75, 3.05) is 5.32 Å². The Hall–Kier alpha value is -1.93. The number of anilines is 1. The van der Waals surface area contributed by atoms with Gasteiger partial charge in [0.05, 0.1) is 11.6 Å². The molecule has 0 saturated carbocycles. The Morgan fingerprint density at radius 2 is 1.95 bits per heavy atom. The van der Waals surface area contributed by atoms with Gasteiger partial charge in [-0.05, 0) is 52.3 Å². The largest absolute Gasteiger partial charge is 0.380 e. The molecule has 0 fully saturated rings. The van der Waals surface area contributed by atoms with E-state index in [-0.39, 0.29) is 12.1 Å². The fourth-order valence-corrected chi connectivity index (χ4v) is 2.12. The predicted molar refractivity (Wildman–Crippen MR) is 72.5 cm³/mol. The molecule has 1 N–H and O–H groups in total. The number of nitriles is 1. The molecule has 19 heavy (non-hydrogen) atoms. The summed E-state index contributed by atoms with van der Waals surface area (Å²) in [5.74, 6) is -0.934. The Morgan fingerprint density at radius 3 is 2.63 bits per heavy atom. The van der Waals surface area contributed by atoms with Crippen LogP contribution in [0.2, 0.25) is 0 Å². The minimum atomic E-state index is -0.475. The first-order chi connectivity index (χ1) is 9.10. The van der Waals surface area contributed by atoms with E-state index < -0.39 is 11.6 Å². The van der Waals surface area contributed by atoms with Crippen molar-refractivity contribution in [1.29, 1.82) is 5.26 Å². The summed E-state index contributed by atoms with van der Waals surface area (Å²) in [6.45, 7) is 0.161. The van der Waals surface area contributed by atoms with Crippen LogP contribution < -0.4 is 5.32 Å². The van der Waals surface area contributed by atoms with Gasteiger partial charge >= 0.3 is 0 Å². The van der Waals surface area contributed by atoms with Crippen LogP contribution in [0.15, 0.2) is 40.9 Å². The molecular formula is C14H9BrF2N2. The molecule has 0 radical (unpaired) electrons. The first-order valence-corrected chi connectivity index (χ1v) is 6.27. The van der Waals surface area contributed by atoms with Crippen LogP contribution in [-0.2, 0) is 6.54 Å². The summed E-state index contributed by atoms with van der Waals surface area (Å²) in [5.41, 5.74) is 1.48. The zero-order valence-corrected chi connectivity index (χ0v) is 11.3. The highest BCUT2D eigenvalue weighted by molar-refractivity contribution is 9.10. The summed E-state index contributed by atoms with van der Waals surface area (Å²) < 4.78 is 27.1. The van der Waals surface area contributed by atoms with E-state index in [9.17, 15) is 8.78 Å². The third-order valence-electron chi connectivity index (χ3n) is 2.58. The molecule has 0 amide bonds. The topological polar surface area (TPSA) is 35.8 Å². The summed E-state index contributed by atoms with van der Waals surface area (Å²) in [5, 5.41) is 11.7. The zero-order valence-electron chi connectivity index (χ0n) is 9.75. The monoisotopic (exact) mass is 322 g/mol. The van der Waals surface area contributed by atoms with Crippen molar-refractivity contribution in [3.8, 4) is 6.07 Å². The van der Waals surface area contributed by atoms with E-state index in [1.165, 1.54) is 0 Å². The highest BCUT2D eigenvalue weighted by Gasteiger charge is 2.05. The van der Waals surface area contributed by atoms with Crippen LogP contribution in [0.3, 0.4) is 0 Å². The quantitative estimate of drug-likeness (QED) is 0.918. The van der Waals surface area contributed by atoms with E-state index >= 15 is 0 Å². The van der Waals surface area contributed by atoms with Crippen molar-refractivity contribution < 1.29 is 8.78 Å². The van der Waals surface area contributed by atoms with Gasteiger partial charge in [0.15, 0.2) is 0 Å². The van der Waals surface area contributed by atoms with Gasteiger partial charge in [-0.2, -0.15) is 5.26 Å². The molecule has 0 spiro atoms. The zero-order chi connectivity index (χ0) is 13.8. The first kappa shape index (κ1) is 13.5. The minimum Gasteiger partial charge on any atom is -0.380 e. The molecule has 0 unspecified atom stereocenters. The Kier molecular flexibility index (Phi) is 4.13. The smallest absolute Gasteiger partial charge is 0.128 e. The summed E-state index contributed by atoms with van der Waals surface area (Å²) in [6, 6.07) is 10.4. The van der Waals surface area contributed by atoms with E-state index in [4.69, 9.17) is 5.26 Å². The standard InChI is InChI=1S/C14H9BrF2N2/c15-12-5-9(7-18)1-4-14(12)19-8-10-6-11(16)2-3-13(10)17/h1-6,19H,8H2. The molecule has 0 aromatic heterocycles. The lowest BCUT2D eigenvalue weighted by Crippen LogP contribution is -2.03. The second kappa shape index (κ2) is 5.81. The Morgan fingerprint density at radius 1 is 1.16 bits per heavy atom. The van der Waals surface area contributed by atoms with Crippen molar-refractivity contribution in [2.24, 2.45) is 0 Å². The highest BCUT2D eigenvalue weighted by Crippen LogP contribution is 2.24. The van der Waals surface area contributed by atoms with Crippen LogP contribution in [0, 0.1) is 23.0 Å². The average molecular weight is 323 g/mol. The molecule has 5 heteroatoms. The minimum absolute atomic E-state index is 0.161. The molecule has 0 bridgehead atoms. The van der Waals surface area contributed by atoms with Gasteiger partial charge in [0.1, 0.15) is 11.6 Å². The summed E-state index contributed by atoms with van der Waals surface area (Å²) in [6.07, 6.45) is 0. The maximum absolute atomic E-state index is 13.4. The van der Waals surface area contributed by atoms with E-state index in [1.54, 1.807) is 18.2 Å². The third-order valence-corrected chi connectivity index (χ3v) is 3.23. The average Bonchev–Trinajstić information content (AvgIpc) is 2.40. The van der Waals surface area contributed by atoms with E-state index in [2.05, 4.69) is 21.2 Å². The normalized spacial score (nSPS) is 10.0. The van der Waals surface area contributed by atoms with Gasteiger partial charge in [0, 0.05) is 22.3 Å². The van der Waals surface area contributed by atoms with E-state index in [0.717, 1.165) is 18.2 Å². The summed E-state index contributed by atoms with van der Waals surface area (Å²) >= 11 is 3.31. The van der Waals surface area contributed by atoms with Gasteiger partial charge in [-0.25, -0.2) is 8.78 Å². The lowest BCUT2D eigenvalue weighted by molar-refractivity contribution is 0.587. The number of hydrogen-bond acceptors (Lipinski definition) is 2. The van der Waals surface area contributed by atoms with Crippen LogP contribution in [-0.4, -0.2) is 0 Å². The Labute approximate surface area is 117 Å². The van der Waals surface area contributed by atoms with Gasteiger partial charge in [0.25, 0.3) is 0 Å². The molecule has 0 atom stereocenters. The number of nitrogens with one attached hydrogen (secondary N) is 1. The Bertz CT molecular complexity index is 650. The molecule has 0 aliphatic carbocycles. The number of nitrogens with zero attached hydrogens (tertiary/aromatic N) is 1. The fourth-order valence-electron chi connectivity index (χ4n) is 1.60. The molecule has 0 aliphatic rings. The lowest BCUT2D eigenvalue weighted by Gasteiger charge is -2.09. The molecule has 96 valence electrons. The van der Waals surface area contributed by atoms with Crippen LogP contribution >= 0.6 is 15.9 Å². The van der Waals surface area contributed by atoms with Crippen LogP contribution in [0.5, 0.6) is 0 Å². The molecule has 2 nitrogen and oxygen atoms in total. The van der Waals surface area contributed by atoms with Gasteiger partial charge in [-0.3, -0.25) is 0 Å². The maximum Gasteiger partial charge on any atom is 0.128 e. The highest BCUT2D eigenvalue weighted by atomic mass is 79.9. The van der Waals surface area contributed by atoms with Crippen LogP contribution in [0.25, 0.3) is 0 Å². The molecule has 0 heterocycles. The Balaban J connectivity index is 2.15. The van der Waals surface area contributed by atoms with Crippen molar-refractivity contribution in [3.63, 3.8) is 0 Å². The molecular weight excluding hydrogens is 314 g/mol. The molecule has 0 saturated heterocycles. The second-order valence-electron chi connectivity index (χ2n) is 3.90. The van der Waals surface area contributed by atoms with Crippen molar-refractivity contribution in [2.45, 2.75) is 6.54 Å². The van der Waals surface area contributed by atoms with Gasteiger partial charge in [-0.15, -0.1) is 0 Å². The van der Waals surface area contributed by atoms with Crippen LogP contribution in [0.4, 0.5) is 14.5 Å². The SMILES string of the molecule is N#Cc1ccc(NCc2cc(F)ccc2F)c(Br)c1. The summed E-state index contributed by atoms with van der Waals surface area (Å²) in [7, 11) is 0. The lowest BCUT2D eigenvalue weighted by atomic mass is 10.2. The number of halogens is 3. The van der Waals surface area contributed by atoms with Gasteiger partial charge in [-0.1, -0.05) is 0 Å². The third kappa shape index (κ3) is 3.30. The first-order valence-electron chi connectivity index (χ1n) is 5.47. The summed E-state index contributed by atoms with van der Waals surface area (Å²) in [4.78, 5) is 0. The van der Waals surface area contributed by atoms with E-state index in [0.29, 0.717) is 15.7 Å². The van der Waals surface area contributed by atoms with E-state index in [1.807, 2.05) is 6.07 Å².